The SMILES string of the molecule is CC(C)CNCc1csc(N(C)Cc2ccccc2Cl)n1. The van der Waals surface area contributed by atoms with Gasteiger partial charge in [-0.05, 0) is 24.1 Å². The van der Waals surface area contributed by atoms with E-state index in [0.29, 0.717) is 5.92 Å². The van der Waals surface area contributed by atoms with Gasteiger partial charge in [0.25, 0.3) is 0 Å². The Kier molecular flexibility index (Phi) is 6.03. The fraction of sp³-hybridized carbons (Fsp3) is 0.438. The van der Waals surface area contributed by atoms with Crippen LogP contribution in [0.1, 0.15) is 25.1 Å². The number of benzene rings is 1. The van der Waals surface area contributed by atoms with Crippen LogP contribution in [0.3, 0.4) is 0 Å². The van der Waals surface area contributed by atoms with Crippen LogP contribution in [0.15, 0.2) is 29.6 Å². The summed E-state index contributed by atoms with van der Waals surface area (Å²) in [5, 5.41) is 7.36. The second-order valence-electron chi connectivity index (χ2n) is 5.59. The van der Waals surface area contributed by atoms with Crippen LogP contribution in [-0.2, 0) is 13.1 Å². The lowest BCUT2D eigenvalue weighted by atomic mass is 10.2. The summed E-state index contributed by atoms with van der Waals surface area (Å²) < 4.78 is 0. The van der Waals surface area contributed by atoms with Gasteiger partial charge in [0.1, 0.15) is 0 Å². The zero-order valence-electron chi connectivity index (χ0n) is 12.8. The van der Waals surface area contributed by atoms with E-state index in [-0.39, 0.29) is 0 Å². The summed E-state index contributed by atoms with van der Waals surface area (Å²) >= 11 is 7.88. The number of rotatable bonds is 7. The first kappa shape index (κ1) is 16.3. The summed E-state index contributed by atoms with van der Waals surface area (Å²) in [4.78, 5) is 6.81. The summed E-state index contributed by atoms with van der Waals surface area (Å²) in [5.74, 6) is 0.658. The van der Waals surface area contributed by atoms with Crippen molar-refractivity contribution in [1.29, 1.82) is 0 Å². The van der Waals surface area contributed by atoms with Crippen LogP contribution in [0.25, 0.3) is 0 Å². The van der Waals surface area contributed by atoms with Gasteiger partial charge in [0.15, 0.2) is 5.13 Å². The molecule has 0 saturated heterocycles. The molecule has 0 atom stereocenters. The summed E-state index contributed by atoms with van der Waals surface area (Å²) in [7, 11) is 2.05. The number of anilines is 1. The molecule has 0 aliphatic rings. The van der Waals surface area contributed by atoms with Crippen molar-refractivity contribution in [3.8, 4) is 0 Å². The highest BCUT2D eigenvalue weighted by atomic mass is 35.5. The van der Waals surface area contributed by atoms with E-state index in [4.69, 9.17) is 11.6 Å². The Morgan fingerprint density at radius 1 is 1.33 bits per heavy atom. The molecule has 0 amide bonds. The van der Waals surface area contributed by atoms with Crippen LogP contribution in [0, 0.1) is 5.92 Å². The normalized spacial score (nSPS) is 11.1. The van der Waals surface area contributed by atoms with Crippen molar-refractivity contribution >= 4 is 28.1 Å². The molecule has 0 spiro atoms. The minimum absolute atomic E-state index is 0.658. The lowest BCUT2D eigenvalue weighted by molar-refractivity contribution is 0.549. The molecule has 0 unspecified atom stereocenters. The van der Waals surface area contributed by atoms with Crippen molar-refractivity contribution in [2.24, 2.45) is 5.92 Å². The maximum Gasteiger partial charge on any atom is 0.185 e. The molecule has 0 aliphatic carbocycles. The van der Waals surface area contributed by atoms with Crippen LogP contribution in [-0.4, -0.2) is 18.6 Å². The molecule has 0 fully saturated rings. The van der Waals surface area contributed by atoms with Crippen molar-refractivity contribution in [3.63, 3.8) is 0 Å². The van der Waals surface area contributed by atoms with E-state index >= 15 is 0 Å². The molecular formula is C16H22ClN3S. The standard InChI is InChI=1S/C16H22ClN3S/c1-12(2)8-18-9-14-11-21-16(19-14)20(3)10-13-6-4-5-7-15(13)17/h4-7,11-12,18H,8-10H2,1-3H3. The van der Waals surface area contributed by atoms with Gasteiger partial charge in [-0.3, -0.25) is 0 Å². The van der Waals surface area contributed by atoms with Crippen molar-refractivity contribution in [1.82, 2.24) is 10.3 Å². The summed E-state index contributed by atoms with van der Waals surface area (Å²) in [5.41, 5.74) is 2.22. The van der Waals surface area contributed by atoms with E-state index in [1.54, 1.807) is 11.3 Å². The van der Waals surface area contributed by atoms with Gasteiger partial charge in [0.05, 0.1) is 5.69 Å². The summed E-state index contributed by atoms with van der Waals surface area (Å²) in [6.45, 7) is 7.02. The summed E-state index contributed by atoms with van der Waals surface area (Å²) in [6, 6.07) is 7.94. The van der Waals surface area contributed by atoms with E-state index in [0.717, 1.165) is 41.0 Å². The fourth-order valence-electron chi connectivity index (χ4n) is 1.99. The largest absolute Gasteiger partial charge is 0.347 e. The Labute approximate surface area is 136 Å². The van der Waals surface area contributed by atoms with Gasteiger partial charge >= 0.3 is 0 Å². The first-order valence-electron chi connectivity index (χ1n) is 7.16. The molecule has 1 aromatic carbocycles. The molecule has 114 valence electrons. The smallest absolute Gasteiger partial charge is 0.185 e. The topological polar surface area (TPSA) is 28.2 Å². The van der Waals surface area contributed by atoms with Crippen LogP contribution < -0.4 is 10.2 Å². The average molecular weight is 324 g/mol. The number of nitrogens with one attached hydrogen (secondary N) is 1. The number of nitrogens with zero attached hydrogens (tertiary/aromatic N) is 2. The van der Waals surface area contributed by atoms with E-state index in [1.165, 1.54) is 0 Å². The zero-order chi connectivity index (χ0) is 15.2. The monoisotopic (exact) mass is 323 g/mol. The Morgan fingerprint density at radius 3 is 2.81 bits per heavy atom. The maximum absolute atomic E-state index is 6.21. The number of halogens is 1. The zero-order valence-corrected chi connectivity index (χ0v) is 14.3. The first-order valence-corrected chi connectivity index (χ1v) is 8.41. The lowest BCUT2D eigenvalue weighted by Crippen LogP contribution is -2.20. The molecule has 0 saturated carbocycles. The lowest BCUT2D eigenvalue weighted by Gasteiger charge is -2.16. The van der Waals surface area contributed by atoms with Gasteiger partial charge in [0, 0.05) is 30.5 Å². The molecule has 1 N–H and O–H groups in total. The first-order chi connectivity index (χ1) is 10.1. The molecule has 5 heteroatoms. The molecule has 1 aromatic heterocycles. The highest BCUT2D eigenvalue weighted by Crippen LogP contribution is 2.23. The Bertz CT molecular complexity index is 568. The van der Waals surface area contributed by atoms with Crippen molar-refractivity contribution in [2.45, 2.75) is 26.9 Å². The van der Waals surface area contributed by atoms with Crippen molar-refractivity contribution in [3.05, 3.63) is 45.9 Å². The van der Waals surface area contributed by atoms with Gasteiger partial charge in [-0.1, -0.05) is 43.6 Å². The Morgan fingerprint density at radius 2 is 2.10 bits per heavy atom. The van der Waals surface area contributed by atoms with Crippen molar-refractivity contribution in [2.75, 3.05) is 18.5 Å². The van der Waals surface area contributed by atoms with E-state index in [2.05, 4.69) is 40.5 Å². The molecule has 2 rings (SSSR count). The molecule has 0 bridgehead atoms. The van der Waals surface area contributed by atoms with E-state index in [9.17, 15) is 0 Å². The Balaban J connectivity index is 1.93. The predicted octanol–water partition coefficient (Wildman–Crippen LogP) is 4.18. The highest BCUT2D eigenvalue weighted by molar-refractivity contribution is 7.13. The van der Waals surface area contributed by atoms with E-state index in [1.807, 2.05) is 25.2 Å². The minimum atomic E-state index is 0.658. The number of hydrogen-bond donors (Lipinski definition) is 1. The van der Waals surface area contributed by atoms with Gasteiger partial charge in [-0.25, -0.2) is 4.98 Å². The maximum atomic E-state index is 6.21. The second-order valence-corrected chi connectivity index (χ2v) is 6.84. The van der Waals surface area contributed by atoms with Gasteiger partial charge in [0.2, 0.25) is 0 Å². The van der Waals surface area contributed by atoms with Crippen LogP contribution >= 0.6 is 22.9 Å². The highest BCUT2D eigenvalue weighted by Gasteiger charge is 2.09. The third-order valence-corrected chi connectivity index (χ3v) is 4.46. The molecule has 3 nitrogen and oxygen atoms in total. The summed E-state index contributed by atoms with van der Waals surface area (Å²) in [6.07, 6.45) is 0. The van der Waals surface area contributed by atoms with Crippen LogP contribution in [0.4, 0.5) is 5.13 Å². The average Bonchev–Trinajstić information content (AvgIpc) is 2.90. The minimum Gasteiger partial charge on any atom is -0.347 e. The predicted molar refractivity (Wildman–Crippen MR) is 92.2 cm³/mol. The van der Waals surface area contributed by atoms with Gasteiger partial charge < -0.3 is 10.2 Å². The Hall–Kier alpha value is -1.10. The molecular weight excluding hydrogens is 302 g/mol. The van der Waals surface area contributed by atoms with Gasteiger partial charge in [-0.15, -0.1) is 11.3 Å². The van der Waals surface area contributed by atoms with Crippen LogP contribution in [0.2, 0.25) is 5.02 Å². The second kappa shape index (κ2) is 7.78. The molecule has 0 radical (unpaired) electrons. The van der Waals surface area contributed by atoms with E-state index < -0.39 is 0 Å². The number of hydrogen-bond acceptors (Lipinski definition) is 4. The number of aromatic nitrogens is 1. The molecule has 1 heterocycles. The molecule has 2 aromatic rings. The molecule has 0 aliphatic heterocycles. The third-order valence-electron chi connectivity index (χ3n) is 3.09. The quantitative estimate of drug-likeness (QED) is 0.828. The van der Waals surface area contributed by atoms with Crippen molar-refractivity contribution < 1.29 is 0 Å². The van der Waals surface area contributed by atoms with Crippen LogP contribution in [0.5, 0.6) is 0 Å². The van der Waals surface area contributed by atoms with Gasteiger partial charge in [-0.2, -0.15) is 0 Å². The third kappa shape index (κ3) is 4.99. The molecule has 21 heavy (non-hydrogen) atoms. The fourth-order valence-corrected chi connectivity index (χ4v) is 2.98. The number of thiazole rings is 1.